The van der Waals surface area contributed by atoms with Crippen molar-refractivity contribution in [1.29, 1.82) is 0 Å². The number of carbonyl (C=O) groups is 1. The molecule has 18 heavy (non-hydrogen) atoms. The van der Waals surface area contributed by atoms with Gasteiger partial charge in [-0.1, -0.05) is 13.8 Å². The maximum absolute atomic E-state index is 13.5. The van der Waals surface area contributed by atoms with Gasteiger partial charge in [-0.25, -0.2) is 9.18 Å². The van der Waals surface area contributed by atoms with E-state index in [1.54, 1.807) is 0 Å². The summed E-state index contributed by atoms with van der Waals surface area (Å²) in [6, 6.07) is 3.57. The molecule has 1 atom stereocenters. The zero-order valence-electron chi connectivity index (χ0n) is 10.5. The second-order valence-corrected chi connectivity index (χ2v) is 6.16. The largest absolute Gasteiger partial charge is 0.478 e. The van der Waals surface area contributed by atoms with Crippen molar-refractivity contribution in [1.82, 2.24) is 0 Å². The summed E-state index contributed by atoms with van der Waals surface area (Å²) in [6.07, 6.45) is 0.812. The van der Waals surface area contributed by atoms with Crippen LogP contribution < -0.4 is 0 Å². The van der Waals surface area contributed by atoms with E-state index in [2.05, 4.69) is 0 Å². The van der Waals surface area contributed by atoms with Crippen LogP contribution in [0.15, 0.2) is 18.2 Å². The van der Waals surface area contributed by atoms with Gasteiger partial charge in [0.1, 0.15) is 5.82 Å². The van der Waals surface area contributed by atoms with Gasteiger partial charge < -0.3 is 5.11 Å². The first-order valence-electron chi connectivity index (χ1n) is 5.77. The number of carboxylic acid groups (broad SMARTS) is 1. The Morgan fingerprint density at radius 3 is 2.67 bits per heavy atom. The number of carboxylic acids is 1. The lowest BCUT2D eigenvalue weighted by Crippen LogP contribution is -2.07. The summed E-state index contributed by atoms with van der Waals surface area (Å²) in [5, 5.41) is 8.81. The summed E-state index contributed by atoms with van der Waals surface area (Å²) in [4.78, 5) is 10.8. The van der Waals surface area contributed by atoms with Crippen molar-refractivity contribution < 1.29 is 18.5 Å². The SMILES string of the molecule is CC(C)CCS(=O)Cc1cc(C(=O)O)ccc1F. The van der Waals surface area contributed by atoms with Crippen LogP contribution in [0.1, 0.15) is 36.2 Å². The van der Waals surface area contributed by atoms with E-state index in [9.17, 15) is 13.4 Å². The van der Waals surface area contributed by atoms with Crippen LogP contribution in [0.4, 0.5) is 4.39 Å². The van der Waals surface area contributed by atoms with Crippen LogP contribution in [0.25, 0.3) is 0 Å². The third kappa shape index (κ3) is 4.56. The number of hydrogen-bond acceptors (Lipinski definition) is 2. The van der Waals surface area contributed by atoms with E-state index in [4.69, 9.17) is 5.11 Å². The third-order valence-electron chi connectivity index (χ3n) is 2.53. The Kier molecular flexibility index (Phi) is 5.47. The van der Waals surface area contributed by atoms with Crippen LogP contribution in [0.3, 0.4) is 0 Å². The fraction of sp³-hybridized carbons (Fsp3) is 0.462. The highest BCUT2D eigenvalue weighted by molar-refractivity contribution is 7.84. The van der Waals surface area contributed by atoms with E-state index in [-0.39, 0.29) is 16.9 Å². The second kappa shape index (κ2) is 6.64. The van der Waals surface area contributed by atoms with Gasteiger partial charge in [-0.15, -0.1) is 0 Å². The molecule has 1 aromatic carbocycles. The molecule has 0 radical (unpaired) electrons. The van der Waals surface area contributed by atoms with Gasteiger partial charge in [0.2, 0.25) is 0 Å². The summed E-state index contributed by atoms with van der Waals surface area (Å²) >= 11 is 0. The Morgan fingerprint density at radius 1 is 1.44 bits per heavy atom. The Balaban J connectivity index is 2.74. The van der Waals surface area contributed by atoms with Crippen LogP contribution in [0.5, 0.6) is 0 Å². The van der Waals surface area contributed by atoms with Gasteiger partial charge in [-0.3, -0.25) is 4.21 Å². The summed E-state index contributed by atoms with van der Waals surface area (Å²) in [5.74, 6) is -0.583. The van der Waals surface area contributed by atoms with Crippen molar-refractivity contribution in [3.05, 3.63) is 35.1 Å². The topological polar surface area (TPSA) is 54.4 Å². The second-order valence-electron chi connectivity index (χ2n) is 4.58. The van der Waals surface area contributed by atoms with Crippen LogP contribution in [0.2, 0.25) is 0 Å². The molecule has 0 heterocycles. The predicted octanol–water partition coefficient (Wildman–Crippen LogP) is 2.82. The molecule has 1 N–H and O–H groups in total. The summed E-state index contributed by atoms with van der Waals surface area (Å²) < 4.78 is 25.2. The molecule has 0 saturated heterocycles. The van der Waals surface area contributed by atoms with Crippen LogP contribution >= 0.6 is 0 Å². The molecular weight excluding hydrogens is 255 g/mol. The number of hydrogen-bond donors (Lipinski definition) is 1. The number of benzene rings is 1. The molecule has 100 valence electrons. The molecule has 1 unspecified atom stereocenters. The third-order valence-corrected chi connectivity index (χ3v) is 3.86. The molecule has 0 aliphatic heterocycles. The van der Waals surface area contributed by atoms with E-state index in [1.165, 1.54) is 12.1 Å². The number of aromatic carboxylic acids is 1. The summed E-state index contributed by atoms with van der Waals surface area (Å²) in [7, 11) is -1.16. The Labute approximate surface area is 108 Å². The zero-order chi connectivity index (χ0) is 13.7. The van der Waals surface area contributed by atoms with Gasteiger partial charge in [-0.2, -0.15) is 0 Å². The highest BCUT2D eigenvalue weighted by Gasteiger charge is 2.11. The van der Waals surface area contributed by atoms with Gasteiger partial charge in [0.15, 0.2) is 0 Å². The van der Waals surface area contributed by atoms with E-state index in [0.29, 0.717) is 11.7 Å². The van der Waals surface area contributed by atoms with Crippen LogP contribution in [0, 0.1) is 11.7 Å². The van der Waals surface area contributed by atoms with Crippen molar-refractivity contribution in [2.45, 2.75) is 26.0 Å². The van der Waals surface area contributed by atoms with Gasteiger partial charge in [-0.05, 0) is 30.5 Å². The van der Waals surface area contributed by atoms with Gasteiger partial charge in [0.05, 0.1) is 11.3 Å². The Hall–Kier alpha value is -1.23. The minimum Gasteiger partial charge on any atom is -0.478 e. The maximum Gasteiger partial charge on any atom is 0.335 e. The molecule has 1 rings (SSSR count). The fourth-order valence-corrected chi connectivity index (χ4v) is 2.88. The van der Waals surface area contributed by atoms with Crippen molar-refractivity contribution in [2.24, 2.45) is 5.92 Å². The number of halogens is 1. The molecule has 0 fully saturated rings. The first-order chi connectivity index (χ1) is 8.40. The van der Waals surface area contributed by atoms with E-state index >= 15 is 0 Å². The number of rotatable bonds is 6. The van der Waals surface area contributed by atoms with Crippen molar-refractivity contribution in [2.75, 3.05) is 5.75 Å². The highest BCUT2D eigenvalue weighted by Crippen LogP contribution is 2.14. The molecule has 0 bridgehead atoms. The zero-order valence-corrected chi connectivity index (χ0v) is 11.3. The van der Waals surface area contributed by atoms with Crippen molar-refractivity contribution in [3.8, 4) is 0 Å². The average molecular weight is 272 g/mol. The minimum atomic E-state index is -1.16. The minimum absolute atomic E-state index is 0.0206. The summed E-state index contributed by atoms with van der Waals surface area (Å²) in [6.45, 7) is 4.06. The van der Waals surface area contributed by atoms with Gasteiger partial charge in [0.25, 0.3) is 0 Å². The van der Waals surface area contributed by atoms with Crippen molar-refractivity contribution in [3.63, 3.8) is 0 Å². The highest BCUT2D eigenvalue weighted by atomic mass is 32.2. The Morgan fingerprint density at radius 2 is 2.11 bits per heavy atom. The smallest absolute Gasteiger partial charge is 0.335 e. The molecule has 5 heteroatoms. The molecule has 0 aliphatic rings. The lowest BCUT2D eigenvalue weighted by molar-refractivity contribution is 0.0696. The quantitative estimate of drug-likeness (QED) is 0.866. The summed E-state index contributed by atoms with van der Waals surface area (Å²) in [5.41, 5.74) is 0.226. The van der Waals surface area contributed by atoms with E-state index < -0.39 is 22.6 Å². The monoisotopic (exact) mass is 272 g/mol. The molecule has 1 aromatic rings. The first kappa shape index (κ1) is 14.8. The average Bonchev–Trinajstić information content (AvgIpc) is 2.29. The lowest BCUT2D eigenvalue weighted by atomic mass is 10.1. The molecule has 3 nitrogen and oxygen atoms in total. The fourth-order valence-electron chi connectivity index (χ4n) is 1.43. The first-order valence-corrected chi connectivity index (χ1v) is 7.25. The van der Waals surface area contributed by atoms with E-state index in [1.807, 2.05) is 13.8 Å². The standard InChI is InChI=1S/C13H17FO3S/c1-9(2)5-6-18(17)8-11-7-10(13(15)16)3-4-12(11)14/h3-4,7,9H,5-6,8H2,1-2H3,(H,15,16). The maximum atomic E-state index is 13.5. The molecular formula is C13H17FO3S. The Bertz CT molecular complexity index is 458. The van der Waals surface area contributed by atoms with Crippen LogP contribution in [-0.2, 0) is 16.6 Å². The molecule has 0 amide bonds. The molecule has 0 aromatic heterocycles. The van der Waals surface area contributed by atoms with Crippen LogP contribution in [-0.4, -0.2) is 21.0 Å². The lowest BCUT2D eigenvalue weighted by Gasteiger charge is -2.07. The van der Waals surface area contributed by atoms with E-state index in [0.717, 1.165) is 12.5 Å². The predicted molar refractivity (Wildman–Crippen MR) is 69.5 cm³/mol. The van der Waals surface area contributed by atoms with Gasteiger partial charge in [0, 0.05) is 22.1 Å². The van der Waals surface area contributed by atoms with Gasteiger partial charge >= 0.3 is 5.97 Å². The van der Waals surface area contributed by atoms with Crippen molar-refractivity contribution >= 4 is 16.8 Å². The molecule has 0 spiro atoms. The molecule has 0 aliphatic carbocycles. The normalized spacial score (nSPS) is 12.7. The molecule has 0 saturated carbocycles.